The van der Waals surface area contributed by atoms with Crippen molar-refractivity contribution in [2.45, 2.75) is 32.8 Å². The number of aromatic nitrogens is 3. The number of imidazole rings is 1. The van der Waals surface area contributed by atoms with Crippen molar-refractivity contribution in [3.8, 4) is 22.9 Å². The number of aromatic amines is 1. The summed E-state index contributed by atoms with van der Waals surface area (Å²) in [5.41, 5.74) is 3.91. The summed E-state index contributed by atoms with van der Waals surface area (Å²) >= 11 is 1.40. The number of aryl methyl sites for hydroxylation is 2. The first-order valence-electron chi connectivity index (χ1n) is 10.5. The highest BCUT2D eigenvalue weighted by atomic mass is 32.1. The van der Waals surface area contributed by atoms with E-state index >= 15 is 0 Å². The minimum Gasteiger partial charge on any atom is -0.496 e. The molecule has 0 aliphatic carbocycles. The first-order chi connectivity index (χ1) is 16.6. The second-order valence-electron chi connectivity index (χ2n) is 7.77. The number of benzene rings is 2. The van der Waals surface area contributed by atoms with Crippen LogP contribution in [0.2, 0.25) is 0 Å². The predicted octanol–water partition coefficient (Wildman–Crippen LogP) is 6.73. The van der Waals surface area contributed by atoms with Crippen molar-refractivity contribution >= 4 is 22.2 Å². The number of H-pyrrole nitrogens is 1. The third-order valence-electron chi connectivity index (χ3n) is 5.07. The molecule has 2 N–H and O–H groups in total. The van der Waals surface area contributed by atoms with Crippen LogP contribution in [0.25, 0.3) is 11.4 Å². The van der Waals surface area contributed by atoms with Crippen LogP contribution in [0.4, 0.5) is 28.4 Å². The molecule has 0 aliphatic rings. The Hall–Kier alpha value is -3.60. The zero-order valence-electron chi connectivity index (χ0n) is 19.0. The van der Waals surface area contributed by atoms with E-state index in [1.165, 1.54) is 29.5 Å². The monoisotopic (exact) mass is 506 g/mol. The molecule has 0 bridgehead atoms. The smallest absolute Gasteiger partial charge is 0.461 e. The lowest BCUT2D eigenvalue weighted by atomic mass is 10.1. The Labute approximate surface area is 203 Å². The van der Waals surface area contributed by atoms with Gasteiger partial charge in [-0.2, -0.15) is 17.6 Å². The number of hydrogen-bond donors (Lipinski definition) is 2. The maximum absolute atomic E-state index is 13.2. The molecule has 184 valence electrons. The standard InChI is InChI=1S/C24H22F4N4O2S/c1-13-12-29-21(30-13)18-8-7-16(11-19(18)33-3)32-23-31-14(2)20(35-23)10-15-5-4-6-17(9-15)34-24(27,28)22(25)26/h4-9,11-12,22H,10H2,1-3H3,(H,29,30)(H,31,32). The van der Waals surface area contributed by atoms with Gasteiger partial charge >= 0.3 is 12.5 Å². The van der Waals surface area contributed by atoms with Gasteiger partial charge in [-0.1, -0.05) is 12.1 Å². The van der Waals surface area contributed by atoms with E-state index in [0.717, 1.165) is 27.5 Å². The predicted molar refractivity (Wildman–Crippen MR) is 126 cm³/mol. The summed E-state index contributed by atoms with van der Waals surface area (Å²) in [5, 5.41) is 3.89. The van der Waals surface area contributed by atoms with E-state index in [4.69, 9.17) is 4.74 Å². The largest absolute Gasteiger partial charge is 0.496 e. The van der Waals surface area contributed by atoms with E-state index in [1.54, 1.807) is 19.4 Å². The van der Waals surface area contributed by atoms with E-state index in [-0.39, 0.29) is 5.75 Å². The second kappa shape index (κ2) is 9.95. The first kappa shape index (κ1) is 24.5. The van der Waals surface area contributed by atoms with Crippen LogP contribution in [0.5, 0.6) is 11.5 Å². The molecule has 4 rings (SSSR count). The van der Waals surface area contributed by atoms with Gasteiger partial charge in [0, 0.05) is 34.9 Å². The normalized spacial score (nSPS) is 11.7. The molecule has 0 spiro atoms. The summed E-state index contributed by atoms with van der Waals surface area (Å²) in [6, 6.07) is 11.3. The summed E-state index contributed by atoms with van der Waals surface area (Å²) in [6.45, 7) is 3.76. The van der Waals surface area contributed by atoms with Crippen LogP contribution in [0.1, 0.15) is 21.8 Å². The molecule has 11 heteroatoms. The van der Waals surface area contributed by atoms with E-state index in [2.05, 4.69) is 25.0 Å². The minimum absolute atomic E-state index is 0.327. The highest BCUT2D eigenvalue weighted by Crippen LogP contribution is 2.34. The van der Waals surface area contributed by atoms with Gasteiger partial charge in [0.1, 0.15) is 17.3 Å². The number of nitrogens with one attached hydrogen (secondary N) is 2. The zero-order chi connectivity index (χ0) is 25.2. The molecule has 2 aromatic carbocycles. The topological polar surface area (TPSA) is 72.1 Å². The molecule has 35 heavy (non-hydrogen) atoms. The third-order valence-corrected chi connectivity index (χ3v) is 6.15. The van der Waals surface area contributed by atoms with Crippen LogP contribution in [-0.4, -0.2) is 34.6 Å². The minimum atomic E-state index is -4.55. The molecule has 4 aromatic rings. The third kappa shape index (κ3) is 5.73. The number of alkyl halides is 4. The Kier molecular flexibility index (Phi) is 6.97. The van der Waals surface area contributed by atoms with Gasteiger partial charge in [-0.3, -0.25) is 0 Å². The number of halogens is 4. The van der Waals surface area contributed by atoms with E-state index in [1.807, 2.05) is 32.0 Å². The zero-order valence-corrected chi connectivity index (χ0v) is 19.9. The number of nitrogens with zero attached hydrogens (tertiary/aromatic N) is 2. The lowest BCUT2D eigenvalue weighted by Crippen LogP contribution is -2.33. The molecule has 0 saturated carbocycles. The quantitative estimate of drug-likeness (QED) is 0.246. The van der Waals surface area contributed by atoms with Gasteiger partial charge in [0.25, 0.3) is 0 Å². The Balaban J connectivity index is 1.49. The van der Waals surface area contributed by atoms with Crippen LogP contribution < -0.4 is 14.8 Å². The summed E-state index contributed by atoms with van der Waals surface area (Å²) in [7, 11) is 1.58. The first-order valence-corrected chi connectivity index (χ1v) is 11.3. The number of rotatable bonds is 9. The number of thiazole rings is 1. The second-order valence-corrected chi connectivity index (χ2v) is 8.85. The van der Waals surface area contributed by atoms with Gasteiger partial charge in [0.05, 0.1) is 18.4 Å². The summed E-state index contributed by atoms with van der Waals surface area (Å²) < 4.78 is 61.1. The Morgan fingerprint density at radius 1 is 1.14 bits per heavy atom. The van der Waals surface area contributed by atoms with Crippen molar-refractivity contribution in [2.24, 2.45) is 0 Å². The molecule has 6 nitrogen and oxygen atoms in total. The number of ether oxygens (including phenoxy) is 2. The van der Waals surface area contributed by atoms with E-state index < -0.39 is 12.5 Å². The average Bonchev–Trinajstić information content (AvgIpc) is 3.38. The van der Waals surface area contributed by atoms with Crippen molar-refractivity contribution in [3.05, 3.63) is 70.5 Å². The Bertz CT molecular complexity index is 1320. The molecule has 0 unspecified atom stereocenters. The van der Waals surface area contributed by atoms with Gasteiger partial charge in [-0.05, 0) is 43.7 Å². The Morgan fingerprint density at radius 2 is 1.94 bits per heavy atom. The molecular formula is C24H22F4N4O2S. The van der Waals surface area contributed by atoms with Crippen LogP contribution >= 0.6 is 11.3 Å². The highest BCUT2D eigenvalue weighted by Gasteiger charge is 2.44. The summed E-state index contributed by atoms with van der Waals surface area (Å²) in [6.07, 6.45) is -6.35. The number of hydrogen-bond acceptors (Lipinski definition) is 6. The lowest BCUT2D eigenvalue weighted by molar-refractivity contribution is -0.253. The maximum atomic E-state index is 13.2. The highest BCUT2D eigenvalue weighted by molar-refractivity contribution is 7.15. The lowest BCUT2D eigenvalue weighted by Gasteiger charge is -2.17. The fourth-order valence-corrected chi connectivity index (χ4v) is 4.41. The molecule has 2 heterocycles. The molecule has 0 atom stereocenters. The fraction of sp³-hybridized carbons (Fsp3) is 0.250. The van der Waals surface area contributed by atoms with Crippen molar-refractivity contribution < 1.29 is 27.0 Å². The van der Waals surface area contributed by atoms with Gasteiger partial charge in [-0.25, -0.2) is 9.97 Å². The van der Waals surface area contributed by atoms with Crippen LogP contribution in [0.15, 0.2) is 48.7 Å². The molecule has 0 saturated heterocycles. The van der Waals surface area contributed by atoms with Gasteiger partial charge in [-0.15, -0.1) is 11.3 Å². The van der Waals surface area contributed by atoms with Crippen molar-refractivity contribution in [3.63, 3.8) is 0 Å². The average molecular weight is 507 g/mol. The van der Waals surface area contributed by atoms with Crippen molar-refractivity contribution in [1.82, 2.24) is 15.0 Å². The molecule has 2 aromatic heterocycles. The summed E-state index contributed by atoms with van der Waals surface area (Å²) in [5.74, 6) is 1.01. The SMILES string of the molecule is COc1cc(Nc2nc(C)c(Cc3cccc(OC(F)(F)C(F)F)c3)s2)ccc1-c1ncc(C)[nH]1. The van der Waals surface area contributed by atoms with E-state index in [0.29, 0.717) is 28.7 Å². The number of anilines is 2. The van der Waals surface area contributed by atoms with Gasteiger partial charge in [0.15, 0.2) is 5.13 Å². The Morgan fingerprint density at radius 3 is 2.63 bits per heavy atom. The molecule has 0 fully saturated rings. The molecule has 0 amide bonds. The van der Waals surface area contributed by atoms with Gasteiger partial charge < -0.3 is 19.8 Å². The van der Waals surface area contributed by atoms with Gasteiger partial charge in [0.2, 0.25) is 0 Å². The molecule has 0 radical (unpaired) electrons. The van der Waals surface area contributed by atoms with Crippen LogP contribution in [-0.2, 0) is 6.42 Å². The maximum Gasteiger partial charge on any atom is 0.461 e. The fourth-order valence-electron chi connectivity index (χ4n) is 3.39. The van der Waals surface area contributed by atoms with Crippen LogP contribution in [0, 0.1) is 13.8 Å². The van der Waals surface area contributed by atoms with E-state index in [9.17, 15) is 17.6 Å². The van der Waals surface area contributed by atoms with Crippen molar-refractivity contribution in [1.29, 1.82) is 0 Å². The number of methoxy groups -OCH3 is 1. The molecular weight excluding hydrogens is 484 g/mol. The molecule has 0 aliphatic heterocycles. The van der Waals surface area contributed by atoms with Crippen molar-refractivity contribution in [2.75, 3.05) is 12.4 Å². The van der Waals surface area contributed by atoms with Crippen LogP contribution in [0.3, 0.4) is 0 Å². The summed E-state index contributed by atoms with van der Waals surface area (Å²) in [4.78, 5) is 13.0.